The maximum absolute atomic E-state index is 13.4. The Kier molecular flexibility index (Phi) is 3.36. The van der Waals surface area contributed by atoms with Crippen molar-refractivity contribution in [3.05, 3.63) is 23.9 Å². The van der Waals surface area contributed by atoms with Crippen molar-refractivity contribution in [2.45, 2.75) is 45.1 Å². The first-order valence-electron chi connectivity index (χ1n) is 7.31. The van der Waals surface area contributed by atoms with E-state index in [1.54, 1.807) is 6.07 Å². The predicted octanol–water partition coefficient (Wildman–Crippen LogP) is 2.89. The monoisotopic (exact) mass is 326 g/mol. The molecule has 1 saturated heterocycles. The summed E-state index contributed by atoms with van der Waals surface area (Å²) in [7, 11) is 0.650. The number of fused-ring (bicyclic) bond motifs is 1. The highest BCUT2D eigenvalue weighted by molar-refractivity contribution is 6.62. The van der Waals surface area contributed by atoms with Gasteiger partial charge in [0.05, 0.1) is 28.5 Å². The lowest BCUT2D eigenvalue weighted by Gasteiger charge is -2.32. The Morgan fingerprint density at radius 2 is 1.65 bits per heavy atom. The Balaban J connectivity index is 2.14. The molecule has 0 N–H and O–H groups in total. The van der Waals surface area contributed by atoms with Gasteiger partial charge in [-0.15, -0.1) is 0 Å². The van der Waals surface area contributed by atoms with Gasteiger partial charge in [-0.3, -0.25) is 4.68 Å². The van der Waals surface area contributed by atoms with Crippen LogP contribution >= 0.6 is 0 Å². The van der Waals surface area contributed by atoms with E-state index in [0.717, 1.165) is 6.07 Å². The lowest BCUT2D eigenvalue weighted by molar-refractivity contribution is -0.136. The molecule has 0 aliphatic carbocycles. The summed E-state index contributed by atoms with van der Waals surface area (Å²) in [5.74, 6) is 0. The molecule has 0 atom stereocenters. The first kappa shape index (κ1) is 16.3. The molecule has 2 aromatic rings. The number of alkyl halides is 3. The summed E-state index contributed by atoms with van der Waals surface area (Å²) in [5, 5.41) is 4.34. The van der Waals surface area contributed by atoms with Crippen molar-refractivity contribution in [1.29, 1.82) is 0 Å². The van der Waals surface area contributed by atoms with E-state index >= 15 is 0 Å². The number of nitrogens with zero attached hydrogens (tertiary/aromatic N) is 2. The molecule has 124 valence electrons. The van der Waals surface area contributed by atoms with Gasteiger partial charge in [-0.25, -0.2) is 0 Å². The van der Waals surface area contributed by atoms with Crippen LogP contribution in [0.5, 0.6) is 0 Å². The average Bonchev–Trinajstić information content (AvgIpc) is 2.86. The van der Waals surface area contributed by atoms with E-state index in [-0.39, 0.29) is 5.52 Å². The van der Waals surface area contributed by atoms with Crippen molar-refractivity contribution >= 4 is 23.5 Å². The molecule has 0 unspecified atom stereocenters. The molecule has 4 nitrogen and oxygen atoms in total. The maximum atomic E-state index is 13.4. The number of halogens is 3. The fourth-order valence-corrected chi connectivity index (χ4v) is 2.68. The van der Waals surface area contributed by atoms with Crippen LogP contribution in [0.3, 0.4) is 0 Å². The van der Waals surface area contributed by atoms with Crippen molar-refractivity contribution in [2.24, 2.45) is 7.05 Å². The highest BCUT2D eigenvalue weighted by atomic mass is 19.4. The van der Waals surface area contributed by atoms with Crippen LogP contribution in [0.25, 0.3) is 10.9 Å². The van der Waals surface area contributed by atoms with Crippen LogP contribution in [0.15, 0.2) is 18.3 Å². The van der Waals surface area contributed by atoms with Crippen LogP contribution < -0.4 is 5.46 Å². The van der Waals surface area contributed by atoms with Crippen molar-refractivity contribution in [1.82, 2.24) is 9.78 Å². The summed E-state index contributed by atoms with van der Waals surface area (Å²) in [6.07, 6.45) is -3.06. The van der Waals surface area contributed by atoms with Gasteiger partial charge in [0.2, 0.25) is 0 Å². The van der Waals surface area contributed by atoms with Crippen LogP contribution in [0, 0.1) is 0 Å². The zero-order valence-corrected chi connectivity index (χ0v) is 13.7. The van der Waals surface area contributed by atoms with Crippen LogP contribution in [-0.2, 0) is 22.5 Å². The average molecular weight is 326 g/mol. The number of aryl methyl sites for hydroxylation is 1. The second kappa shape index (κ2) is 4.74. The third-order valence-corrected chi connectivity index (χ3v) is 4.69. The molecule has 23 heavy (non-hydrogen) atoms. The number of aromatic nitrogens is 2. The number of rotatable bonds is 1. The molecule has 3 rings (SSSR count). The van der Waals surface area contributed by atoms with Crippen molar-refractivity contribution in [3.8, 4) is 0 Å². The molecule has 1 aromatic carbocycles. The predicted molar refractivity (Wildman–Crippen MR) is 81.4 cm³/mol. The molecule has 8 heteroatoms. The van der Waals surface area contributed by atoms with Crippen LogP contribution in [-0.4, -0.2) is 28.1 Å². The summed E-state index contributed by atoms with van der Waals surface area (Å²) < 4.78 is 53.2. The lowest BCUT2D eigenvalue weighted by Crippen LogP contribution is -2.41. The Bertz CT molecular complexity index is 752. The minimum atomic E-state index is -4.48. The van der Waals surface area contributed by atoms with Gasteiger partial charge in [0, 0.05) is 12.4 Å². The van der Waals surface area contributed by atoms with E-state index in [0.29, 0.717) is 10.8 Å². The lowest BCUT2D eigenvalue weighted by atomic mass is 9.77. The van der Waals surface area contributed by atoms with E-state index < -0.39 is 30.1 Å². The van der Waals surface area contributed by atoms with E-state index in [2.05, 4.69) is 5.10 Å². The normalized spacial score (nSPS) is 20.4. The smallest absolute Gasteiger partial charge is 0.399 e. The Labute approximate surface area is 132 Å². The fraction of sp³-hybridized carbons (Fsp3) is 0.533. The van der Waals surface area contributed by atoms with Crippen LogP contribution in [0.4, 0.5) is 13.2 Å². The van der Waals surface area contributed by atoms with Gasteiger partial charge in [0.25, 0.3) is 0 Å². The fourth-order valence-electron chi connectivity index (χ4n) is 2.68. The second-order valence-electron chi connectivity index (χ2n) is 6.86. The van der Waals surface area contributed by atoms with Crippen molar-refractivity contribution in [3.63, 3.8) is 0 Å². The van der Waals surface area contributed by atoms with E-state index in [1.807, 2.05) is 27.7 Å². The van der Waals surface area contributed by atoms with E-state index in [4.69, 9.17) is 9.31 Å². The van der Waals surface area contributed by atoms with Gasteiger partial charge in [0.1, 0.15) is 0 Å². The SMILES string of the molecule is Cn1ncc2cc(B3OC(C)(C)C(C)(C)O3)cc(C(F)(F)F)c21. The Hall–Kier alpha value is -1.54. The largest absolute Gasteiger partial charge is 0.494 e. The molecule has 1 aliphatic rings. The summed E-state index contributed by atoms with van der Waals surface area (Å²) in [6, 6.07) is 2.73. The van der Waals surface area contributed by atoms with Crippen molar-refractivity contribution < 1.29 is 22.5 Å². The minimum Gasteiger partial charge on any atom is -0.399 e. The first-order chi connectivity index (χ1) is 10.4. The molecule has 1 aromatic heterocycles. The highest BCUT2D eigenvalue weighted by Gasteiger charge is 2.52. The van der Waals surface area contributed by atoms with Gasteiger partial charge >= 0.3 is 13.3 Å². The highest BCUT2D eigenvalue weighted by Crippen LogP contribution is 2.38. The first-order valence-corrected chi connectivity index (χ1v) is 7.31. The summed E-state index contributed by atoms with van der Waals surface area (Å²) in [5.41, 5.74) is -1.56. The standard InChI is InChI=1S/C15H18BF3N2O2/c1-13(2)14(3,4)23-16(22-13)10-6-9-8-20-21(5)12(9)11(7-10)15(17,18)19/h6-8H,1-5H3. The minimum absolute atomic E-state index is 0.0535. The number of hydrogen-bond acceptors (Lipinski definition) is 3. The number of hydrogen-bond donors (Lipinski definition) is 0. The summed E-state index contributed by atoms with van der Waals surface area (Å²) in [4.78, 5) is 0. The molecular weight excluding hydrogens is 308 g/mol. The zero-order valence-electron chi connectivity index (χ0n) is 13.7. The second-order valence-corrected chi connectivity index (χ2v) is 6.86. The third kappa shape index (κ3) is 2.53. The third-order valence-electron chi connectivity index (χ3n) is 4.69. The molecule has 0 radical (unpaired) electrons. The van der Waals surface area contributed by atoms with Gasteiger partial charge in [-0.1, -0.05) is 6.07 Å². The Morgan fingerprint density at radius 1 is 1.09 bits per heavy atom. The summed E-state index contributed by atoms with van der Waals surface area (Å²) in [6.45, 7) is 7.45. The molecule has 0 bridgehead atoms. The van der Waals surface area contributed by atoms with E-state index in [9.17, 15) is 13.2 Å². The van der Waals surface area contributed by atoms with Gasteiger partial charge < -0.3 is 9.31 Å². The molecule has 2 heterocycles. The molecule has 0 amide bonds. The van der Waals surface area contributed by atoms with Gasteiger partial charge in [0.15, 0.2) is 0 Å². The molecule has 1 fully saturated rings. The quantitative estimate of drug-likeness (QED) is 0.756. The number of benzene rings is 1. The Morgan fingerprint density at radius 3 is 2.17 bits per heavy atom. The van der Waals surface area contributed by atoms with E-state index in [1.165, 1.54) is 17.9 Å². The van der Waals surface area contributed by atoms with Gasteiger partial charge in [-0.05, 0) is 39.2 Å². The summed E-state index contributed by atoms with van der Waals surface area (Å²) >= 11 is 0. The molecule has 1 aliphatic heterocycles. The molecule has 0 spiro atoms. The topological polar surface area (TPSA) is 36.3 Å². The van der Waals surface area contributed by atoms with Gasteiger partial charge in [-0.2, -0.15) is 18.3 Å². The molecule has 0 saturated carbocycles. The maximum Gasteiger partial charge on any atom is 0.494 e. The zero-order chi connectivity index (χ0) is 17.2. The molecular formula is C15H18BF3N2O2. The van der Waals surface area contributed by atoms with Crippen molar-refractivity contribution in [2.75, 3.05) is 0 Å². The van der Waals surface area contributed by atoms with Crippen LogP contribution in [0.2, 0.25) is 0 Å². The van der Waals surface area contributed by atoms with Crippen LogP contribution in [0.1, 0.15) is 33.3 Å².